The van der Waals surface area contributed by atoms with Crippen molar-refractivity contribution in [2.45, 2.75) is 6.61 Å². The van der Waals surface area contributed by atoms with Crippen molar-refractivity contribution in [1.82, 2.24) is 0 Å². The summed E-state index contributed by atoms with van der Waals surface area (Å²) < 4.78 is 11.2. The number of ether oxygens (including phenoxy) is 2. The van der Waals surface area contributed by atoms with E-state index in [4.69, 9.17) is 32.7 Å². The molecule has 8 heteroatoms. The number of carbonyl (C=O) groups excluding carboxylic acids is 1. The van der Waals surface area contributed by atoms with Crippen molar-refractivity contribution in [3.05, 3.63) is 104 Å². The Bertz CT molecular complexity index is 1140. The first-order valence-corrected chi connectivity index (χ1v) is 9.84. The normalized spacial score (nSPS) is 10.8. The van der Waals surface area contributed by atoms with Crippen molar-refractivity contribution in [3.8, 4) is 11.5 Å². The first-order valence-electron chi connectivity index (χ1n) is 9.09. The maximum Gasteiger partial charge on any atom is 0.269 e. The minimum Gasteiger partial charge on any atom is -0.493 e. The summed E-state index contributed by atoms with van der Waals surface area (Å²) in [5.74, 6) is 0.788. The summed E-state index contributed by atoms with van der Waals surface area (Å²) in [5.41, 5.74) is 1.98. The molecule has 0 saturated carbocycles. The summed E-state index contributed by atoms with van der Waals surface area (Å²) >= 11 is 11.8. The largest absolute Gasteiger partial charge is 0.493 e. The molecule has 0 fully saturated rings. The van der Waals surface area contributed by atoms with E-state index in [-0.39, 0.29) is 18.1 Å². The van der Waals surface area contributed by atoms with Gasteiger partial charge < -0.3 is 9.47 Å². The Morgan fingerprint density at radius 1 is 1.00 bits per heavy atom. The molecule has 3 rings (SSSR count). The number of halogens is 2. The highest BCUT2D eigenvalue weighted by Gasteiger charge is 2.09. The van der Waals surface area contributed by atoms with Crippen molar-refractivity contribution in [2.75, 3.05) is 7.11 Å². The van der Waals surface area contributed by atoms with Gasteiger partial charge in [0, 0.05) is 17.7 Å². The van der Waals surface area contributed by atoms with E-state index in [1.54, 1.807) is 48.5 Å². The van der Waals surface area contributed by atoms with Gasteiger partial charge in [0.15, 0.2) is 17.3 Å². The summed E-state index contributed by atoms with van der Waals surface area (Å²) in [6.45, 7) is 0.222. The number of nitro groups is 1. The molecule has 3 aromatic rings. The number of hydrogen-bond donors (Lipinski definition) is 0. The average molecular weight is 458 g/mol. The molecule has 0 spiro atoms. The smallest absolute Gasteiger partial charge is 0.269 e. The van der Waals surface area contributed by atoms with Crippen LogP contribution in [0.5, 0.6) is 11.5 Å². The summed E-state index contributed by atoms with van der Waals surface area (Å²) in [4.78, 5) is 22.6. The van der Waals surface area contributed by atoms with Crippen molar-refractivity contribution >= 4 is 40.7 Å². The molecule has 0 unspecified atom stereocenters. The molecule has 0 N–H and O–H groups in total. The van der Waals surface area contributed by atoms with Crippen LogP contribution in [0.3, 0.4) is 0 Å². The highest BCUT2D eigenvalue weighted by molar-refractivity contribution is 6.42. The summed E-state index contributed by atoms with van der Waals surface area (Å²) in [7, 11) is 1.52. The SMILES string of the molecule is COc1cc(/C=C/C(=O)c2ccc(Cl)c(Cl)c2)ccc1OCc1ccc([N+](=O)[O-])cc1. The van der Waals surface area contributed by atoms with Crippen LogP contribution in [0.25, 0.3) is 6.08 Å². The summed E-state index contributed by atoms with van der Waals surface area (Å²) in [5, 5.41) is 11.4. The highest BCUT2D eigenvalue weighted by atomic mass is 35.5. The molecule has 0 atom stereocenters. The molecular weight excluding hydrogens is 441 g/mol. The number of nitrogens with zero attached hydrogens (tertiary/aromatic N) is 1. The van der Waals surface area contributed by atoms with Gasteiger partial charge in [0.1, 0.15) is 6.61 Å². The fraction of sp³-hybridized carbons (Fsp3) is 0.0870. The zero-order valence-corrected chi connectivity index (χ0v) is 17.9. The van der Waals surface area contributed by atoms with Gasteiger partial charge in [0.25, 0.3) is 5.69 Å². The Morgan fingerprint density at radius 3 is 2.39 bits per heavy atom. The third kappa shape index (κ3) is 5.84. The predicted octanol–water partition coefficient (Wildman–Crippen LogP) is 6.39. The molecule has 0 aromatic heterocycles. The monoisotopic (exact) mass is 457 g/mol. The lowest BCUT2D eigenvalue weighted by Gasteiger charge is -2.11. The van der Waals surface area contributed by atoms with Gasteiger partial charge in [-0.05, 0) is 59.7 Å². The fourth-order valence-electron chi connectivity index (χ4n) is 2.70. The zero-order chi connectivity index (χ0) is 22.4. The standard InChI is InChI=1S/C23H17Cl2NO5/c1-30-23-12-15(4-10-21(27)17-6-9-19(24)20(25)13-17)5-11-22(23)31-14-16-2-7-18(8-3-16)26(28)29/h2-13H,14H2,1H3/b10-4+. The average Bonchev–Trinajstić information content (AvgIpc) is 2.78. The highest BCUT2D eigenvalue weighted by Crippen LogP contribution is 2.30. The Labute approximate surface area is 188 Å². The lowest BCUT2D eigenvalue weighted by molar-refractivity contribution is -0.384. The molecule has 0 radical (unpaired) electrons. The number of hydrogen-bond acceptors (Lipinski definition) is 5. The Morgan fingerprint density at radius 2 is 1.74 bits per heavy atom. The van der Waals surface area contributed by atoms with Crippen LogP contribution in [0, 0.1) is 10.1 Å². The number of carbonyl (C=O) groups is 1. The van der Waals surface area contributed by atoms with Gasteiger partial charge in [-0.15, -0.1) is 0 Å². The lowest BCUT2D eigenvalue weighted by Crippen LogP contribution is -1.98. The van der Waals surface area contributed by atoms with E-state index in [0.29, 0.717) is 27.1 Å². The molecule has 158 valence electrons. The van der Waals surface area contributed by atoms with Gasteiger partial charge in [-0.3, -0.25) is 14.9 Å². The number of non-ortho nitro benzene ring substituents is 1. The molecule has 0 saturated heterocycles. The van der Waals surface area contributed by atoms with Crippen LogP contribution in [0.1, 0.15) is 21.5 Å². The van der Waals surface area contributed by atoms with E-state index in [1.165, 1.54) is 31.4 Å². The number of ketones is 1. The van der Waals surface area contributed by atoms with E-state index < -0.39 is 4.92 Å². The van der Waals surface area contributed by atoms with Crippen molar-refractivity contribution in [2.24, 2.45) is 0 Å². The summed E-state index contributed by atoms with van der Waals surface area (Å²) in [6.07, 6.45) is 3.10. The second kappa shape index (κ2) is 10.1. The molecular formula is C23H17Cl2NO5. The first kappa shape index (κ1) is 22.3. The Hall–Kier alpha value is -3.35. The molecule has 0 heterocycles. The Kier molecular flexibility index (Phi) is 7.28. The van der Waals surface area contributed by atoms with E-state index >= 15 is 0 Å². The second-order valence-corrected chi connectivity index (χ2v) is 7.26. The quantitative estimate of drug-likeness (QED) is 0.169. The minimum absolute atomic E-state index is 0.0212. The summed E-state index contributed by atoms with van der Waals surface area (Å²) in [6, 6.07) is 16.1. The molecule has 0 aliphatic carbocycles. The maximum absolute atomic E-state index is 12.3. The zero-order valence-electron chi connectivity index (χ0n) is 16.4. The van der Waals surface area contributed by atoms with E-state index in [2.05, 4.69) is 0 Å². The van der Waals surface area contributed by atoms with Crippen LogP contribution >= 0.6 is 23.2 Å². The third-order valence-corrected chi connectivity index (χ3v) is 5.10. The molecule has 0 aliphatic rings. The number of benzene rings is 3. The molecule has 0 bridgehead atoms. The molecule has 6 nitrogen and oxygen atoms in total. The maximum atomic E-state index is 12.3. The topological polar surface area (TPSA) is 78.7 Å². The van der Waals surface area contributed by atoms with E-state index in [1.807, 2.05) is 0 Å². The number of rotatable bonds is 8. The van der Waals surface area contributed by atoms with E-state index in [9.17, 15) is 14.9 Å². The number of allylic oxidation sites excluding steroid dienone is 1. The second-order valence-electron chi connectivity index (χ2n) is 6.45. The fourth-order valence-corrected chi connectivity index (χ4v) is 3.00. The molecule has 0 aliphatic heterocycles. The molecule has 3 aromatic carbocycles. The van der Waals surface area contributed by atoms with Gasteiger partial charge in [-0.25, -0.2) is 0 Å². The lowest BCUT2D eigenvalue weighted by atomic mass is 10.1. The van der Waals surface area contributed by atoms with Gasteiger partial charge in [-0.1, -0.05) is 35.3 Å². The van der Waals surface area contributed by atoms with Gasteiger partial charge >= 0.3 is 0 Å². The van der Waals surface area contributed by atoms with Gasteiger partial charge in [-0.2, -0.15) is 0 Å². The Balaban J connectivity index is 1.68. The van der Waals surface area contributed by atoms with Gasteiger partial charge in [0.05, 0.1) is 22.1 Å². The van der Waals surface area contributed by atoms with Crippen LogP contribution in [0.2, 0.25) is 10.0 Å². The van der Waals surface area contributed by atoms with Crippen LogP contribution < -0.4 is 9.47 Å². The van der Waals surface area contributed by atoms with Crippen LogP contribution in [-0.4, -0.2) is 17.8 Å². The predicted molar refractivity (Wildman–Crippen MR) is 120 cm³/mol. The van der Waals surface area contributed by atoms with Gasteiger partial charge in [0.2, 0.25) is 0 Å². The van der Waals surface area contributed by atoms with Crippen LogP contribution in [-0.2, 0) is 6.61 Å². The number of methoxy groups -OCH3 is 1. The minimum atomic E-state index is -0.452. The van der Waals surface area contributed by atoms with Crippen molar-refractivity contribution in [1.29, 1.82) is 0 Å². The number of nitro benzene ring substituents is 1. The van der Waals surface area contributed by atoms with E-state index in [0.717, 1.165) is 11.1 Å². The molecule has 31 heavy (non-hydrogen) atoms. The molecule has 0 amide bonds. The first-order chi connectivity index (χ1) is 14.9. The third-order valence-electron chi connectivity index (χ3n) is 4.36. The van der Waals surface area contributed by atoms with Crippen LogP contribution in [0.4, 0.5) is 5.69 Å². The van der Waals surface area contributed by atoms with Crippen molar-refractivity contribution in [3.63, 3.8) is 0 Å². The van der Waals surface area contributed by atoms with Crippen LogP contribution in [0.15, 0.2) is 66.7 Å². The van der Waals surface area contributed by atoms with Crippen molar-refractivity contribution < 1.29 is 19.2 Å².